The molecule has 0 saturated heterocycles. The number of hydrogen-bond donors (Lipinski definition) is 4. The molecule has 7 nitrogen and oxygen atoms in total. The van der Waals surface area contributed by atoms with Crippen LogP contribution < -0.4 is 11.1 Å². The number of alkyl halides is 3. The zero-order valence-corrected chi connectivity index (χ0v) is 9.11. The molecule has 0 aromatic heterocycles. The van der Waals surface area contributed by atoms with Crippen LogP contribution in [-0.4, -0.2) is 45.8 Å². The molecule has 0 fully saturated rings. The highest BCUT2D eigenvalue weighted by Gasteiger charge is 2.54. The van der Waals surface area contributed by atoms with Crippen molar-refractivity contribution in [3.8, 4) is 0 Å². The van der Waals surface area contributed by atoms with E-state index in [1.165, 1.54) is 5.32 Å². The standard InChI is InChI=1S/C8H11F3N2O5/c1-7(12,8(9,10)11)6(18)13-3(5(16)17)2-4(14)15/h3H,2,12H2,1H3,(H,13,18)(H,14,15)(H,16,17). The highest BCUT2D eigenvalue weighted by atomic mass is 19.4. The molecular weight excluding hydrogens is 261 g/mol. The molecule has 0 rings (SSSR count). The van der Waals surface area contributed by atoms with Crippen molar-refractivity contribution in [2.45, 2.75) is 31.1 Å². The van der Waals surface area contributed by atoms with E-state index in [2.05, 4.69) is 0 Å². The van der Waals surface area contributed by atoms with E-state index >= 15 is 0 Å². The van der Waals surface area contributed by atoms with Gasteiger partial charge in [0.2, 0.25) is 5.91 Å². The second kappa shape index (κ2) is 5.21. The van der Waals surface area contributed by atoms with Gasteiger partial charge in [0.05, 0.1) is 6.42 Å². The van der Waals surface area contributed by atoms with Gasteiger partial charge >= 0.3 is 18.1 Å². The smallest absolute Gasteiger partial charge is 0.415 e. The van der Waals surface area contributed by atoms with Crippen LogP contribution in [-0.2, 0) is 14.4 Å². The number of carbonyl (C=O) groups excluding carboxylic acids is 1. The molecular formula is C8H11F3N2O5. The van der Waals surface area contributed by atoms with Crippen molar-refractivity contribution in [3.63, 3.8) is 0 Å². The summed E-state index contributed by atoms with van der Waals surface area (Å²) < 4.78 is 37.0. The van der Waals surface area contributed by atoms with Gasteiger partial charge in [-0.2, -0.15) is 13.2 Å². The van der Waals surface area contributed by atoms with E-state index in [0.29, 0.717) is 6.92 Å². The molecule has 2 unspecified atom stereocenters. The van der Waals surface area contributed by atoms with Crippen LogP contribution >= 0.6 is 0 Å². The molecule has 5 N–H and O–H groups in total. The van der Waals surface area contributed by atoms with E-state index < -0.39 is 42.0 Å². The van der Waals surface area contributed by atoms with Crippen molar-refractivity contribution in [1.29, 1.82) is 0 Å². The highest BCUT2D eigenvalue weighted by molar-refractivity contribution is 5.91. The van der Waals surface area contributed by atoms with E-state index in [9.17, 15) is 27.6 Å². The molecule has 0 radical (unpaired) electrons. The predicted octanol–water partition coefficient (Wildman–Crippen LogP) is -0.690. The summed E-state index contributed by atoms with van der Waals surface area (Å²) in [6.07, 6.45) is -6.15. The molecule has 0 aromatic rings. The average Bonchev–Trinajstić information content (AvgIpc) is 2.13. The molecule has 10 heteroatoms. The first kappa shape index (κ1) is 16.2. The third-order valence-corrected chi connectivity index (χ3v) is 2.04. The van der Waals surface area contributed by atoms with Crippen molar-refractivity contribution >= 4 is 17.8 Å². The summed E-state index contributed by atoms with van der Waals surface area (Å²) in [6, 6.07) is -1.99. The van der Waals surface area contributed by atoms with Gasteiger partial charge in [-0.1, -0.05) is 0 Å². The molecule has 0 heterocycles. The summed E-state index contributed by atoms with van der Waals surface area (Å²) in [7, 11) is 0. The maximum absolute atomic E-state index is 12.3. The summed E-state index contributed by atoms with van der Waals surface area (Å²) in [5, 5.41) is 18.3. The number of amides is 1. The molecule has 18 heavy (non-hydrogen) atoms. The fourth-order valence-corrected chi connectivity index (χ4v) is 0.812. The van der Waals surface area contributed by atoms with Crippen molar-refractivity contribution < 1.29 is 37.8 Å². The lowest BCUT2D eigenvalue weighted by molar-refractivity contribution is -0.188. The lowest BCUT2D eigenvalue weighted by Gasteiger charge is -2.27. The minimum absolute atomic E-state index is 0.349. The first-order valence-electron chi connectivity index (χ1n) is 4.50. The van der Waals surface area contributed by atoms with Crippen molar-refractivity contribution in [2.24, 2.45) is 5.73 Å². The van der Waals surface area contributed by atoms with Gasteiger partial charge in [0, 0.05) is 0 Å². The second-order valence-corrected chi connectivity index (χ2v) is 3.66. The first-order chi connectivity index (χ1) is 7.89. The number of halogens is 3. The lowest BCUT2D eigenvalue weighted by Crippen LogP contribution is -2.63. The number of aliphatic carboxylic acids is 2. The van der Waals surface area contributed by atoms with Gasteiger partial charge in [-0.25, -0.2) is 4.79 Å². The van der Waals surface area contributed by atoms with Gasteiger partial charge in [-0.05, 0) is 6.92 Å². The molecule has 0 aromatic carbocycles. The summed E-state index contributed by atoms with van der Waals surface area (Å²) in [5.74, 6) is -5.18. The van der Waals surface area contributed by atoms with Gasteiger partial charge in [-0.3, -0.25) is 9.59 Å². The Morgan fingerprint density at radius 3 is 2.00 bits per heavy atom. The quantitative estimate of drug-likeness (QED) is 0.524. The number of hydrogen-bond acceptors (Lipinski definition) is 4. The molecule has 0 saturated carbocycles. The zero-order chi connectivity index (χ0) is 14.7. The Hall–Kier alpha value is -1.84. The van der Waals surface area contributed by atoms with Crippen LogP contribution in [0, 0.1) is 0 Å². The maximum atomic E-state index is 12.3. The maximum Gasteiger partial charge on any atom is 0.415 e. The molecule has 0 aliphatic rings. The zero-order valence-electron chi connectivity index (χ0n) is 9.11. The van der Waals surface area contributed by atoms with Crippen LogP contribution in [0.2, 0.25) is 0 Å². The number of carboxylic acid groups (broad SMARTS) is 2. The molecule has 1 amide bonds. The predicted molar refractivity (Wildman–Crippen MR) is 50.5 cm³/mol. The van der Waals surface area contributed by atoms with Gasteiger partial charge in [0.25, 0.3) is 0 Å². The van der Waals surface area contributed by atoms with Crippen LogP contribution in [0.5, 0.6) is 0 Å². The van der Waals surface area contributed by atoms with E-state index in [1.54, 1.807) is 0 Å². The monoisotopic (exact) mass is 272 g/mol. The minimum Gasteiger partial charge on any atom is -0.481 e. The molecule has 104 valence electrons. The van der Waals surface area contributed by atoms with Gasteiger partial charge in [-0.15, -0.1) is 0 Å². The fourth-order valence-electron chi connectivity index (χ4n) is 0.812. The fraction of sp³-hybridized carbons (Fsp3) is 0.625. The highest BCUT2D eigenvalue weighted by Crippen LogP contribution is 2.28. The number of nitrogens with one attached hydrogen (secondary N) is 1. The van der Waals surface area contributed by atoms with Crippen molar-refractivity contribution in [2.75, 3.05) is 0 Å². The molecule has 2 atom stereocenters. The lowest BCUT2D eigenvalue weighted by atomic mass is 10.0. The SMILES string of the molecule is CC(N)(C(=O)NC(CC(=O)O)C(=O)O)C(F)(F)F. The first-order valence-corrected chi connectivity index (χ1v) is 4.50. The second-order valence-electron chi connectivity index (χ2n) is 3.66. The molecule has 0 bridgehead atoms. The van der Waals surface area contributed by atoms with Crippen LogP contribution in [0.1, 0.15) is 13.3 Å². The third kappa shape index (κ3) is 3.87. The Bertz CT molecular complexity index is 366. The van der Waals surface area contributed by atoms with E-state index in [4.69, 9.17) is 15.9 Å². The van der Waals surface area contributed by atoms with E-state index in [-0.39, 0.29) is 0 Å². The van der Waals surface area contributed by atoms with Gasteiger partial charge in [0.1, 0.15) is 6.04 Å². The molecule has 0 spiro atoms. The Kier molecular flexibility index (Phi) is 4.68. The van der Waals surface area contributed by atoms with E-state index in [1.807, 2.05) is 0 Å². The minimum atomic E-state index is -5.09. The Morgan fingerprint density at radius 1 is 1.28 bits per heavy atom. The number of carboxylic acids is 2. The van der Waals surface area contributed by atoms with Crippen LogP contribution in [0.25, 0.3) is 0 Å². The summed E-state index contributed by atoms with van der Waals surface area (Å²) >= 11 is 0. The average molecular weight is 272 g/mol. The molecule has 0 aliphatic heterocycles. The summed E-state index contributed by atoms with van der Waals surface area (Å²) in [5.41, 5.74) is 1.43. The number of rotatable bonds is 5. The normalized spacial score (nSPS) is 16.5. The Labute approximate surface area is 98.8 Å². The number of nitrogens with two attached hydrogens (primary N) is 1. The number of carbonyl (C=O) groups is 3. The summed E-state index contributed by atoms with van der Waals surface area (Å²) in [6.45, 7) is 0.349. The molecule has 0 aliphatic carbocycles. The Balaban J connectivity index is 4.91. The Morgan fingerprint density at radius 2 is 1.72 bits per heavy atom. The van der Waals surface area contributed by atoms with Gasteiger partial charge in [0.15, 0.2) is 5.54 Å². The van der Waals surface area contributed by atoms with E-state index in [0.717, 1.165) is 0 Å². The van der Waals surface area contributed by atoms with Crippen molar-refractivity contribution in [3.05, 3.63) is 0 Å². The topological polar surface area (TPSA) is 130 Å². The van der Waals surface area contributed by atoms with Crippen LogP contribution in [0.4, 0.5) is 13.2 Å². The largest absolute Gasteiger partial charge is 0.481 e. The van der Waals surface area contributed by atoms with Crippen molar-refractivity contribution in [1.82, 2.24) is 5.32 Å². The summed E-state index contributed by atoms with van der Waals surface area (Å²) in [4.78, 5) is 32.0. The van der Waals surface area contributed by atoms with Crippen LogP contribution in [0.15, 0.2) is 0 Å². The van der Waals surface area contributed by atoms with Gasteiger partial charge < -0.3 is 21.3 Å². The third-order valence-electron chi connectivity index (χ3n) is 2.04. The van der Waals surface area contributed by atoms with Crippen LogP contribution in [0.3, 0.4) is 0 Å².